The van der Waals surface area contributed by atoms with Crippen LogP contribution in [0.3, 0.4) is 0 Å². The molecule has 1 fully saturated rings. The van der Waals surface area contributed by atoms with Gasteiger partial charge in [0, 0.05) is 22.8 Å². The Hall–Kier alpha value is -2.74. The summed E-state index contributed by atoms with van der Waals surface area (Å²) in [5.41, 5.74) is 4.36. The highest BCUT2D eigenvalue weighted by atomic mass is 17.0. The van der Waals surface area contributed by atoms with Gasteiger partial charge in [0.2, 0.25) is 0 Å². The second-order valence-electron chi connectivity index (χ2n) is 8.87. The Morgan fingerprint density at radius 2 is 2.09 bits per heavy atom. The molecule has 0 aliphatic carbocycles. The van der Waals surface area contributed by atoms with Crippen molar-refractivity contribution in [2.75, 3.05) is 19.8 Å². The molecule has 3 aliphatic rings. The van der Waals surface area contributed by atoms with E-state index >= 15 is 0 Å². The van der Waals surface area contributed by atoms with Gasteiger partial charge in [-0.1, -0.05) is 18.3 Å². The van der Waals surface area contributed by atoms with Crippen molar-refractivity contribution in [3.63, 3.8) is 0 Å². The molecule has 2 aromatic carbocycles. The van der Waals surface area contributed by atoms with Gasteiger partial charge in [-0.3, -0.25) is 9.68 Å². The lowest BCUT2D eigenvalue weighted by atomic mass is 9.80. The number of fused-ring (bicyclic) bond motifs is 5. The Morgan fingerprint density at radius 3 is 2.91 bits per heavy atom. The third kappa shape index (κ3) is 3.41. The van der Waals surface area contributed by atoms with Crippen LogP contribution in [-0.2, 0) is 21.7 Å². The summed E-state index contributed by atoms with van der Waals surface area (Å²) in [7, 11) is 0. The molecule has 32 heavy (non-hydrogen) atoms. The molecule has 2 aromatic rings. The summed E-state index contributed by atoms with van der Waals surface area (Å²) in [5.74, 6) is 3.06. The number of rotatable bonds is 6. The monoisotopic (exact) mass is 439 g/mol. The molecule has 2 atom stereocenters. The highest BCUT2D eigenvalue weighted by Gasteiger charge is 2.56. The number of ether oxygens (including phenoxy) is 4. The first kappa shape index (κ1) is 21.1. The Labute approximate surface area is 188 Å². The average molecular weight is 440 g/mol. The summed E-state index contributed by atoms with van der Waals surface area (Å²) in [6.07, 6.45) is 3.09. The van der Waals surface area contributed by atoms with E-state index in [1.807, 2.05) is 37.3 Å². The molecular weight excluding hydrogens is 410 g/mol. The van der Waals surface area contributed by atoms with Gasteiger partial charge in [0.25, 0.3) is 0 Å². The number of hydrogen-bond acceptors (Lipinski definition) is 7. The molecule has 1 N–H and O–H groups in total. The van der Waals surface area contributed by atoms with Crippen molar-refractivity contribution in [3.05, 3.63) is 59.7 Å². The van der Waals surface area contributed by atoms with Crippen LogP contribution in [0, 0.1) is 0 Å². The second kappa shape index (κ2) is 7.99. The van der Waals surface area contributed by atoms with Crippen molar-refractivity contribution in [1.82, 2.24) is 5.64 Å². The van der Waals surface area contributed by atoms with E-state index in [1.165, 1.54) is 0 Å². The fraction of sp³-hybridized carbons (Fsp3) is 0.440. The summed E-state index contributed by atoms with van der Waals surface area (Å²) < 4.78 is 24.2. The van der Waals surface area contributed by atoms with Crippen molar-refractivity contribution in [2.45, 2.75) is 50.9 Å². The molecule has 0 bridgehead atoms. The van der Waals surface area contributed by atoms with Gasteiger partial charge < -0.3 is 18.9 Å². The van der Waals surface area contributed by atoms with Crippen LogP contribution in [0.4, 0.5) is 0 Å². The predicted octanol–water partition coefficient (Wildman–Crippen LogP) is 4.55. The smallest absolute Gasteiger partial charge is 0.187 e. The van der Waals surface area contributed by atoms with E-state index in [9.17, 15) is 0 Å². The van der Waals surface area contributed by atoms with Crippen LogP contribution in [0.2, 0.25) is 0 Å². The van der Waals surface area contributed by atoms with Gasteiger partial charge >= 0.3 is 0 Å². The van der Waals surface area contributed by atoms with Crippen molar-refractivity contribution in [3.8, 4) is 23.0 Å². The Kier molecular flexibility index (Phi) is 5.28. The molecular formula is C25H29NO6. The van der Waals surface area contributed by atoms with Gasteiger partial charge in [-0.15, -0.1) is 0 Å². The molecule has 3 heterocycles. The van der Waals surface area contributed by atoms with E-state index in [-0.39, 0.29) is 12.2 Å². The van der Waals surface area contributed by atoms with Crippen LogP contribution < -0.4 is 24.6 Å². The lowest BCUT2D eigenvalue weighted by Gasteiger charge is -2.40. The maximum Gasteiger partial charge on any atom is 0.187 e. The van der Waals surface area contributed by atoms with Crippen LogP contribution in [0.25, 0.3) is 0 Å². The maximum absolute atomic E-state index is 6.37. The molecule has 0 aromatic heterocycles. The van der Waals surface area contributed by atoms with Crippen molar-refractivity contribution < 1.29 is 28.6 Å². The average Bonchev–Trinajstić information content (AvgIpc) is 3.22. The zero-order chi connectivity index (χ0) is 22.3. The second-order valence-corrected chi connectivity index (χ2v) is 8.87. The Morgan fingerprint density at radius 1 is 1.22 bits per heavy atom. The minimum Gasteiger partial charge on any atom is -0.494 e. The van der Waals surface area contributed by atoms with Crippen molar-refractivity contribution in [1.29, 1.82) is 0 Å². The van der Waals surface area contributed by atoms with E-state index in [4.69, 9.17) is 28.6 Å². The summed E-state index contributed by atoms with van der Waals surface area (Å²) in [4.78, 5) is 11.9. The number of benzene rings is 2. The summed E-state index contributed by atoms with van der Waals surface area (Å²) in [6, 6.07) is 9.73. The van der Waals surface area contributed by atoms with Gasteiger partial charge in [0.15, 0.2) is 5.60 Å². The molecule has 7 nitrogen and oxygen atoms in total. The van der Waals surface area contributed by atoms with Crippen molar-refractivity contribution >= 4 is 0 Å². The predicted molar refractivity (Wildman–Crippen MR) is 118 cm³/mol. The molecule has 5 rings (SSSR count). The van der Waals surface area contributed by atoms with E-state index in [0.717, 1.165) is 46.8 Å². The summed E-state index contributed by atoms with van der Waals surface area (Å²) in [6.45, 7) is 11.1. The molecule has 170 valence electrons. The topological polar surface area (TPSA) is 67.4 Å². The lowest BCUT2D eigenvalue weighted by Crippen LogP contribution is -2.42. The molecule has 3 aliphatic heterocycles. The molecule has 0 radical (unpaired) electrons. The lowest BCUT2D eigenvalue weighted by molar-refractivity contribution is -0.127. The van der Waals surface area contributed by atoms with E-state index in [2.05, 4.69) is 26.1 Å². The van der Waals surface area contributed by atoms with Crippen LogP contribution >= 0.6 is 0 Å². The van der Waals surface area contributed by atoms with E-state index in [0.29, 0.717) is 19.0 Å². The number of nitrogens with one attached hydrogen (secondary N) is 1. The molecule has 0 amide bonds. The first-order valence-electron chi connectivity index (χ1n) is 11.0. The van der Waals surface area contributed by atoms with E-state index < -0.39 is 11.7 Å². The minimum atomic E-state index is -0.919. The first-order valence-corrected chi connectivity index (χ1v) is 11.0. The van der Waals surface area contributed by atoms with Gasteiger partial charge in [-0.2, -0.15) is 0 Å². The fourth-order valence-electron chi connectivity index (χ4n) is 4.66. The molecule has 1 saturated heterocycles. The Balaban J connectivity index is 1.57. The molecule has 0 spiro atoms. The molecule has 2 unspecified atom stereocenters. The Bertz CT molecular complexity index is 1040. The first-order chi connectivity index (χ1) is 15.5. The maximum atomic E-state index is 6.37. The van der Waals surface area contributed by atoms with Gasteiger partial charge in [0.05, 0.1) is 6.61 Å². The van der Waals surface area contributed by atoms with Crippen molar-refractivity contribution in [2.24, 2.45) is 0 Å². The quantitative estimate of drug-likeness (QED) is 0.663. The van der Waals surface area contributed by atoms with Gasteiger partial charge in [-0.25, -0.2) is 0 Å². The SMILES string of the molecule is C=CCOc1cc(OCC)ccc1C12COc3c(ccc4c3CCC(C)(C)O4)C1ONO2. The normalized spacial score (nSPS) is 24.9. The third-order valence-electron chi connectivity index (χ3n) is 6.21. The van der Waals surface area contributed by atoms with Gasteiger partial charge in [-0.05, 0) is 57.9 Å². The molecule has 0 saturated carbocycles. The largest absolute Gasteiger partial charge is 0.494 e. The minimum absolute atomic E-state index is 0.187. The van der Waals surface area contributed by atoms with Crippen LogP contribution in [0.5, 0.6) is 23.0 Å². The van der Waals surface area contributed by atoms with Crippen LogP contribution in [-0.4, -0.2) is 25.4 Å². The fourth-order valence-corrected chi connectivity index (χ4v) is 4.66. The number of hydrogen-bond donors (Lipinski definition) is 1. The highest BCUT2D eigenvalue weighted by Crippen LogP contribution is 2.55. The van der Waals surface area contributed by atoms with E-state index in [1.54, 1.807) is 6.08 Å². The summed E-state index contributed by atoms with van der Waals surface area (Å²) >= 11 is 0. The van der Waals surface area contributed by atoms with Crippen LogP contribution in [0.1, 0.15) is 50.0 Å². The zero-order valence-corrected chi connectivity index (χ0v) is 18.7. The highest BCUT2D eigenvalue weighted by molar-refractivity contribution is 5.56. The third-order valence-corrected chi connectivity index (χ3v) is 6.21. The standard InChI is InChI=1S/C25H29NO6/c1-5-13-28-21-14-16(27-6-2)7-9-19(21)25-15-29-22-17-11-12-24(3,4)30-20(17)10-8-18(22)23(25)31-26-32-25/h5,7-10,14,23,26H,1,6,11-13,15H2,2-4H3. The van der Waals surface area contributed by atoms with Crippen LogP contribution in [0.15, 0.2) is 43.0 Å². The zero-order valence-electron chi connectivity index (χ0n) is 18.7. The summed E-state index contributed by atoms with van der Waals surface area (Å²) in [5, 5.41) is 0. The molecule has 7 heteroatoms. The van der Waals surface area contributed by atoms with Gasteiger partial charge in [0.1, 0.15) is 47.9 Å².